The van der Waals surface area contributed by atoms with Gasteiger partial charge in [-0.1, -0.05) is 0 Å². The molecule has 32 heavy (non-hydrogen) atoms. The van der Waals surface area contributed by atoms with Gasteiger partial charge in [0.05, 0.1) is 17.6 Å². The fourth-order valence-electron chi connectivity index (χ4n) is 3.29. The fraction of sp³-hybridized carbons (Fsp3) is 0.350. The first-order valence-corrected chi connectivity index (χ1v) is 9.67. The van der Waals surface area contributed by atoms with Crippen LogP contribution in [0.25, 0.3) is 22.6 Å². The minimum Gasteiger partial charge on any atom is -0.475 e. The predicted molar refractivity (Wildman–Crippen MR) is 113 cm³/mol. The number of Topliss-reactive ketones (excluding diaryl/α,β-unsaturated/α-hetero) is 1. The monoisotopic (exact) mass is 442 g/mol. The maximum absolute atomic E-state index is 13.0. The summed E-state index contributed by atoms with van der Waals surface area (Å²) in [6.07, 6.45) is 0. The maximum atomic E-state index is 13.0. The van der Waals surface area contributed by atoms with Crippen molar-refractivity contribution in [3.8, 4) is 11.5 Å². The number of nitrogens with two attached hydrogens (primary N) is 1. The molecule has 2 heterocycles. The van der Waals surface area contributed by atoms with Crippen LogP contribution in [0.15, 0.2) is 21.7 Å². The van der Waals surface area contributed by atoms with Gasteiger partial charge < -0.3 is 20.3 Å². The molecule has 0 radical (unpaired) electrons. The Morgan fingerprint density at radius 2 is 1.78 bits per heavy atom. The van der Waals surface area contributed by atoms with Gasteiger partial charge in [0.25, 0.3) is 11.3 Å². The third-order valence-corrected chi connectivity index (χ3v) is 5.21. The van der Waals surface area contributed by atoms with E-state index in [1.165, 1.54) is 0 Å². The van der Waals surface area contributed by atoms with Gasteiger partial charge in [0.15, 0.2) is 11.5 Å². The quantitative estimate of drug-likeness (QED) is 0.332. The molecule has 0 spiro atoms. The van der Waals surface area contributed by atoms with Crippen LogP contribution in [0.5, 0.6) is 0 Å². The van der Waals surface area contributed by atoms with Gasteiger partial charge >= 0.3 is 11.7 Å². The summed E-state index contributed by atoms with van der Waals surface area (Å²) in [5.41, 5.74) is 6.73. The molecule has 12 heteroatoms. The number of aryl methyl sites for hydroxylation is 3. The molecule has 12 nitrogen and oxygen atoms in total. The number of carbonyl (C=O) groups is 3. The number of nitrogens with zero attached hydrogens (tertiary/aromatic N) is 5. The van der Waals surface area contributed by atoms with Crippen molar-refractivity contribution in [3.05, 3.63) is 44.1 Å². The van der Waals surface area contributed by atoms with Gasteiger partial charge in [0.2, 0.25) is 5.91 Å². The molecule has 0 saturated heterocycles. The lowest BCUT2D eigenvalue weighted by Crippen LogP contribution is -2.47. The Morgan fingerprint density at radius 1 is 1.12 bits per heavy atom. The number of amides is 1. The van der Waals surface area contributed by atoms with Crippen LogP contribution in [0.4, 0.5) is 0 Å². The highest BCUT2D eigenvalue weighted by atomic mass is 16.4. The van der Waals surface area contributed by atoms with Gasteiger partial charge in [-0.15, -0.1) is 0 Å². The molecule has 0 fully saturated rings. The molecular formula is C20H22N6O6. The molecule has 168 valence electrons. The smallest absolute Gasteiger partial charge is 0.374 e. The first kappa shape index (κ1) is 22.7. The van der Waals surface area contributed by atoms with Crippen LogP contribution >= 0.6 is 0 Å². The topological polar surface area (TPSA) is 170 Å². The van der Waals surface area contributed by atoms with Gasteiger partial charge in [-0.2, -0.15) is 4.98 Å². The van der Waals surface area contributed by atoms with Crippen molar-refractivity contribution in [2.24, 2.45) is 12.8 Å². The van der Waals surface area contributed by atoms with E-state index < -0.39 is 42.0 Å². The molecule has 1 aromatic rings. The maximum Gasteiger partial charge on any atom is 0.374 e. The van der Waals surface area contributed by atoms with Crippen molar-refractivity contribution in [1.29, 1.82) is 0 Å². The van der Waals surface area contributed by atoms with E-state index in [9.17, 15) is 24.0 Å². The van der Waals surface area contributed by atoms with Crippen molar-refractivity contribution in [2.45, 2.75) is 20.4 Å². The molecule has 0 aromatic heterocycles. The highest BCUT2D eigenvalue weighted by Crippen LogP contribution is 2.22. The molecule has 2 aliphatic heterocycles. The number of carboxylic acid groups (broad SMARTS) is 1. The van der Waals surface area contributed by atoms with Crippen molar-refractivity contribution < 1.29 is 19.5 Å². The molecule has 3 N–H and O–H groups in total. The first-order valence-electron chi connectivity index (χ1n) is 9.67. The Hall–Kier alpha value is -3.93. The van der Waals surface area contributed by atoms with Crippen LogP contribution < -0.4 is 17.0 Å². The van der Waals surface area contributed by atoms with Crippen LogP contribution in [-0.2, 0) is 28.0 Å². The summed E-state index contributed by atoms with van der Waals surface area (Å²) in [6.45, 7) is 2.20. The predicted octanol–water partition coefficient (Wildman–Crippen LogP) is -1.35. The van der Waals surface area contributed by atoms with E-state index in [0.717, 1.165) is 16.0 Å². The van der Waals surface area contributed by atoms with E-state index in [4.69, 9.17) is 10.8 Å². The second-order valence-corrected chi connectivity index (χ2v) is 7.39. The average molecular weight is 442 g/mol. The minimum atomic E-state index is -1.71. The number of ketones is 1. The third-order valence-electron chi connectivity index (χ3n) is 5.21. The Kier molecular flexibility index (Phi) is 6.16. The van der Waals surface area contributed by atoms with Crippen LogP contribution in [0.3, 0.4) is 0 Å². The SMILES string of the molecule is Cc1cc2nc3c(=O)n(CC(=O)N(CCN)CC(=O)C(=O)O)c(=O)nc-3n(C)c2cc1C. The molecule has 1 aromatic carbocycles. The molecular weight excluding hydrogens is 420 g/mol. The molecule has 2 aliphatic rings. The summed E-state index contributed by atoms with van der Waals surface area (Å²) in [5, 5.41) is 8.78. The fourth-order valence-corrected chi connectivity index (χ4v) is 3.29. The largest absolute Gasteiger partial charge is 0.475 e. The van der Waals surface area contributed by atoms with Gasteiger partial charge in [-0.05, 0) is 37.1 Å². The average Bonchev–Trinajstić information content (AvgIpc) is 2.73. The highest BCUT2D eigenvalue weighted by Gasteiger charge is 2.25. The Balaban J connectivity index is 2.09. The van der Waals surface area contributed by atoms with E-state index in [1.54, 1.807) is 11.6 Å². The number of carbonyl (C=O) groups excluding carboxylic acids is 2. The number of hydrogen-bond acceptors (Lipinski definition) is 8. The Bertz CT molecular complexity index is 1340. The van der Waals surface area contributed by atoms with E-state index >= 15 is 0 Å². The molecule has 0 bridgehead atoms. The highest BCUT2D eigenvalue weighted by molar-refractivity contribution is 6.33. The number of rotatable bonds is 7. The molecule has 0 atom stereocenters. The van der Waals surface area contributed by atoms with E-state index in [0.29, 0.717) is 15.6 Å². The van der Waals surface area contributed by atoms with Crippen molar-refractivity contribution in [3.63, 3.8) is 0 Å². The van der Waals surface area contributed by atoms with Gasteiger partial charge in [0, 0.05) is 20.1 Å². The van der Waals surface area contributed by atoms with Crippen LogP contribution in [0.1, 0.15) is 11.1 Å². The Morgan fingerprint density at radius 3 is 2.41 bits per heavy atom. The lowest BCUT2D eigenvalue weighted by molar-refractivity contribution is -0.150. The third kappa shape index (κ3) is 4.12. The molecule has 1 amide bonds. The van der Waals surface area contributed by atoms with Crippen LogP contribution in [-0.4, -0.2) is 66.4 Å². The summed E-state index contributed by atoms with van der Waals surface area (Å²) in [5.74, 6) is -3.67. The lowest BCUT2D eigenvalue weighted by atomic mass is 10.1. The van der Waals surface area contributed by atoms with Gasteiger partial charge in [-0.3, -0.25) is 14.4 Å². The summed E-state index contributed by atoms with van der Waals surface area (Å²) < 4.78 is 2.20. The van der Waals surface area contributed by atoms with Gasteiger partial charge in [0.1, 0.15) is 6.54 Å². The summed E-state index contributed by atoms with van der Waals surface area (Å²) in [6, 6.07) is 3.69. The Labute approximate surface area is 181 Å². The number of aliphatic carboxylic acids is 1. The zero-order chi connectivity index (χ0) is 23.7. The number of aromatic nitrogens is 4. The van der Waals surface area contributed by atoms with Crippen molar-refractivity contribution in [2.75, 3.05) is 19.6 Å². The minimum absolute atomic E-state index is 0.0457. The van der Waals surface area contributed by atoms with E-state index in [-0.39, 0.29) is 24.6 Å². The number of benzene rings is 1. The summed E-state index contributed by atoms with van der Waals surface area (Å²) >= 11 is 0. The number of hydrogen-bond donors (Lipinski definition) is 2. The summed E-state index contributed by atoms with van der Waals surface area (Å²) in [4.78, 5) is 69.8. The van der Waals surface area contributed by atoms with Crippen LogP contribution in [0.2, 0.25) is 0 Å². The first-order chi connectivity index (χ1) is 15.0. The van der Waals surface area contributed by atoms with Crippen molar-refractivity contribution in [1.82, 2.24) is 24.0 Å². The molecule has 0 aliphatic carbocycles. The zero-order valence-electron chi connectivity index (χ0n) is 17.8. The summed E-state index contributed by atoms with van der Waals surface area (Å²) in [7, 11) is 1.66. The second kappa shape index (κ2) is 8.67. The number of fused-ring (bicyclic) bond motifs is 2. The molecule has 3 rings (SSSR count). The van der Waals surface area contributed by atoms with Crippen molar-refractivity contribution >= 4 is 28.7 Å². The van der Waals surface area contributed by atoms with E-state index in [2.05, 4.69) is 9.97 Å². The molecule has 0 saturated carbocycles. The molecule has 0 unspecified atom stereocenters. The zero-order valence-corrected chi connectivity index (χ0v) is 17.8. The second-order valence-electron chi connectivity index (χ2n) is 7.39. The van der Waals surface area contributed by atoms with Crippen LogP contribution in [0, 0.1) is 13.8 Å². The lowest BCUT2D eigenvalue weighted by Gasteiger charge is -2.21. The standard InChI is InChI=1S/C20H22N6O6/c1-10-6-12-13(7-11(10)2)24(3)17-16(22-12)18(29)26(20(32)23-17)9-15(28)25(5-4-21)8-14(27)19(30)31/h6-7H,4-5,8-9,21H2,1-3H3,(H,30,31). The van der Waals surface area contributed by atoms with Gasteiger partial charge in [-0.25, -0.2) is 19.1 Å². The normalized spacial score (nSPS) is 11.1. The van der Waals surface area contributed by atoms with E-state index in [1.807, 2.05) is 26.0 Å². The number of carboxylic acids is 1.